The molecule has 0 bridgehead atoms. The van der Waals surface area contributed by atoms with E-state index in [1.807, 2.05) is 0 Å². The van der Waals surface area contributed by atoms with Crippen LogP contribution in [0.2, 0.25) is 0 Å². The van der Waals surface area contributed by atoms with Gasteiger partial charge in [-0.25, -0.2) is 0 Å². The van der Waals surface area contributed by atoms with Gasteiger partial charge in [0.05, 0.1) is 12.1 Å². The second-order valence-electron chi connectivity index (χ2n) is 3.80. The van der Waals surface area contributed by atoms with Gasteiger partial charge in [0.25, 0.3) is 0 Å². The molecule has 1 heterocycles. The zero-order valence-electron chi connectivity index (χ0n) is 8.95. The van der Waals surface area contributed by atoms with E-state index in [1.54, 1.807) is 0 Å². The van der Waals surface area contributed by atoms with Crippen molar-refractivity contribution < 1.29 is 0 Å². The maximum absolute atomic E-state index is 8.54. The highest BCUT2D eigenvalue weighted by Crippen LogP contribution is 2.02. The molecule has 1 saturated heterocycles. The molecule has 1 aliphatic heterocycles. The highest BCUT2D eigenvalue weighted by atomic mass is 15.3. The lowest BCUT2D eigenvalue weighted by Gasteiger charge is -2.34. The summed E-state index contributed by atoms with van der Waals surface area (Å²) in [4.78, 5) is 4.84. The van der Waals surface area contributed by atoms with E-state index in [0.29, 0.717) is 0 Å². The zero-order valence-corrected chi connectivity index (χ0v) is 8.95. The molecule has 0 aromatic rings. The Morgan fingerprint density at radius 1 is 1.29 bits per heavy atom. The predicted octanol–water partition coefficient (Wildman–Crippen LogP) is -0.135. The van der Waals surface area contributed by atoms with Crippen molar-refractivity contribution in [2.75, 3.05) is 39.3 Å². The Morgan fingerprint density at radius 2 is 1.86 bits per heavy atom. The molecule has 0 aromatic heterocycles. The molecule has 0 spiro atoms. The molecular weight excluding hydrogens is 176 g/mol. The predicted molar refractivity (Wildman–Crippen MR) is 56.8 cm³/mol. The highest BCUT2D eigenvalue weighted by molar-refractivity contribution is 4.87. The number of nitrogens with zero attached hydrogens (tertiary/aromatic N) is 3. The van der Waals surface area contributed by atoms with Crippen LogP contribution in [0, 0.1) is 11.3 Å². The van der Waals surface area contributed by atoms with E-state index < -0.39 is 0 Å². The first kappa shape index (κ1) is 11.4. The van der Waals surface area contributed by atoms with Crippen LogP contribution >= 0.6 is 0 Å². The summed E-state index contributed by atoms with van der Waals surface area (Å²) in [7, 11) is 0. The van der Waals surface area contributed by atoms with E-state index in [9.17, 15) is 0 Å². The van der Waals surface area contributed by atoms with E-state index in [4.69, 9.17) is 11.0 Å². The summed E-state index contributed by atoms with van der Waals surface area (Å²) >= 11 is 0. The van der Waals surface area contributed by atoms with E-state index in [2.05, 4.69) is 22.8 Å². The molecule has 2 N–H and O–H groups in total. The molecular formula is C10H20N4. The standard InChI is InChI=1S/C10H20N4/c1-2-13-5-7-14(8-6-13)4-3-10(12)9-11/h10H,2-8,12H2,1H3. The van der Waals surface area contributed by atoms with Crippen LogP contribution in [0.3, 0.4) is 0 Å². The summed E-state index contributed by atoms with van der Waals surface area (Å²) in [6, 6.07) is 1.77. The third kappa shape index (κ3) is 3.62. The third-order valence-corrected chi connectivity index (χ3v) is 2.83. The normalized spacial score (nSPS) is 21.8. The van der Waals surface area contributed by atoms with E-state index in [-0.39, 0.29) is 6.04 Å². The summed E-state index contributed by atoms with van der Waals surface area (Å²) < 4.78 is 0. The molecule has 14 heavy (non-hydrogen) atoms. The van der Waals surface area contributed by atoms with Gasteiger partial charge in [0, 0.05) is 32.7 Å². The molecule has 0 aromatic carbocycles. The first-order valence-corrected chi connectivity index (χ1v) is 5.36. The van der Waals surface area contributed by atoms with Crippen LogP contribution in [0.4, 0.5) is 0 Å². The largest absolute Gasteiger partial charge is 0.316 e. The van der Waals surface area contributed by atoms with Gasteiger partial charge in [-0.2, -0.15) is 5.26 Å². The van der Waals surface area contributed by atoms with Gasteiger partial charge in [0.1, 0.15) is 0 Å². The molecule has 0 radical (unpaired) electrons. The lowest BCUT2D eigenvalue weighted by Crippen LogP contribution is -2.46. The fraction of sp³-hybridized carbons (Fsp3) is 0.900. The van der Waals surface area contributed by atoms with E-state index in [1.165, 1.54) is 0 Å². The van der Waals surface area contributed by atoms with Gasteiger partial charge in [-0.15, -0.1) is 0 Å². The van der Waals surface area contributed by atoms with Crippen LogP contribution in [0.5, 0.6) is 0 Å². The van der Waals surface area contributed by atoms with Crippen molar-refractivity contribution in [3.05, 3.63) is 0 Å². The molecule has 0 saturated carbocycles. The van der Waals surface area contributed by atoms with E-state index >= 15 is 0 Å². The summed E-state index contributed by atoms with van der Waals surface area (Å²) in [5.41, 5.74) is 5.55. The minimum Gasteiger partial charge on any atom is -0.316 e. The van der Waals surface area contributed by atoms with Crippen molar-refractivity contribution in [2.45, 2.75) is 19.4 Å². The van der Waals surface area contributed by atoms with Crippen LogP contribution in [-0.2, 0) is 0 Å². The van der Waals surface area contributed by atoms with Crippen molar-refractivity contribution in [1.29, 1.82) is 5.26 Å². The monoisotopic (exact) mass is 196 g/mol. The molecule has 1 unspecified atom stereocenters. The van der Waals surface area contributed by atoms with Crippen LogP contribution in [0.1, 0.15) is 13.3 Å². The van der Waals surface area contributed by atoms with Crippen molar-refractivity contribution in [3.8, 4) is 6.07 Å². The minimum atomic E-state index is -0.292. The average molecular weight is 196 g/mol. The molecule has 0 aliphatic carbocycles. The summed E-state index contributed by atoms with van der Waals surface area (Å²) in [6.07, 6.45) is 0.794. The molecule has 80 valence electrons. The third-order valence-electron chi connectivity index (χ3n) is 2.83. The number of nitrogens with two attached hydrogens (primary N) is 1. The van der Waals surface area contributed by atoms with Gasteiger partial charge in [0.2, 0.25) is 0 Å². The molecule has 4 heteroatoms. The SMILES string of the molecule is CCN1CCN(CCC(N)C#N)CC1. The van der Waals surface area contributed by atoms with Crippen molar-refractivity contribution in [2.24, 2.45) is 5.73 Å². The quantitative estimate of drug-likeness (QED) is 0.680. The van der Waals surface area contributed by atoms with Gasteiger partial charge in [-0.05, 0) is 13.0 Å². The fourth-order valence-corrected chi connectivity index (χ4v) is 1.72. The van der Waals surface area contributed by atoms with E-state index in [0.717, 1.165) is 45.7 Å². The zero-order chi connectivity index (χ0) is 10.4. The Hall–Kier alpha value is -0.630. The average Bonchev–Trinajstić information content (AvgIpc) is 2.26. The summed E-state index contributed by atoms with van der Waals surface area (Å²) in [5.74, 6) is 0. The van der Waals surface area contributed by atoms with Gasteiger partial charge < -0.3 is 15.5 Å². The highest BCUT2D eigenvalue weighted by Gasteiger charge is 2.15. The smallest absolute Gasteiger partial charge is 0.0940 e. The first-order chi connectivity index (χ1) is 6.76. The van der Waals surface area contributed by atoms with Gasteiger partial charge >= 0.3 is 0 Å². The molecule has 1 atom stereocenters. The number of rotatable bonds is 4. The topological polar surface area (TPSA) is 56.3 Å². The van der Waals surface area contributed by atoms with Crippen LogP contribution in [0.15, 0.2) is 0 Å². The summed E-state index contributed by atoms with van der Waals surface area (Å²) in [6.45, 7) is 8.84. The number of likely N-dealkylation sites (N-methyl/N-ethyl adjacent to an activating group) is 1. The maximum atomic E-state index is 8.54. The lowest BCUT2D eigenvalue weighted by molar-refractivity contribution is 0.135. The number of piperazine rings is 1. The molecule has 4 nitrogen and oxygen atoms in total. The van der Waals surface area contributed by atoms with Crippen LogP contribution < -0.4 is 5.73 Å². The molecule has 0 amide bonds. The number of nitriles is 1. The second-order valence-corrected chi connectivity index (χ2v) is 3.80. The van der Waals surface area contributed by atoms with Crippen LogP contribution in [0.25, 0.3) is 0 Å². The fourth-order valence-electron chi connectivity index (χ4n) is 1.72. The Labute approximate surface area is 86.3 Å². The van der Waals surface area contributed by atoms with Gasteiger partial charge in [-0.3, -0.25) is 0 Å². The summed E-state index contributed by atoms with van der Waals surface area (Å²) in [5, 5.41) is 8.54. The Kier molecular flexibility index (Phi) is 4.88. The van der Waals surface area contributed by atoms with Gasteiger partial charge in [0.15, 0.2) is 0 Å². The lowest BCUT2D eigenvalue weighted by atomic mass is 10.2. The molecule has 1 rings (SSSR count). The minimum absolute atomic E-state index is 0.292. The Balaban J connectivity index is 2.13. The molecule has 1 fully saturated rings. The maximum Gasteiger partial charge on any atom is 0.0940 e. The van der Waals surface area contributed by atoms with Crippen molar-refractivity contribution in [1.82, 2.24) is 9.80 Å². The Morgan fingerprint density at radius 3 is 2.36 bits per heavy atom. The van der Waals surface area contributed by atoms with Gasteiger partial charge in [-0.1, -0.05) is 6.92 Å². The Bertz CT molecular complexity index is 191. The first-order valence-electron chi connectivity index (χ1n) is 5.36. The van der Waals surface area contributed by atoms with Crippen molar-refractivity contribution >= 4 is 0 Å². The number of hydrogen-bond donors (Lipinski definition) is 1. The van der Waals surface area contributed by atoms with Crippen LogP contribution in [-0.4, -0.2) is 55.1 Å². The van der Waals surface area contributed by atoms with Crippen molar-refractivity contribution in [3.63, 3.8) is 0 Å². The second kappa shape index (κ2) is 5.97. The number of hydrogen-bond acceptors (Lipinski definition) is 4. The molecule has 1 aliphatic rings.